The SMILES string of the molecule is [B][C@H]1CC(O[P+]([B-])([O-])OC[C@H]2OCCC2O)[C@@H](CO)O1. The predicted octanol–water partition coefficient (Wildman–Crippen LogP) is -1.98. The Morgan fingerprint density at radius 1 is 1.45 bits per heavy atom. The van der Waals surface area contributed by atoms with Crippen molar-refractivity contribution in [1.82, 2.24) is 0 Å². The average molecular weight is 302 g/mol. The number of rotatable bonds is 6. The van der Waals surface area contributed by atoms with Crippen LogP contribution in [0.3, 0.4) is 0 Å². The Kier molecular flexibility index (Phi) is 5.85. The lowest BCUT2D eigenvalue weighted by Gasteiger charge is -2.40. The van der Waals surface area contributed by atoms with Crippen molar-refractivity contribution >= 4 is 23.2 Å². The van der Waals surface area contributed by atoms with Crippen molar-refractivity contribution in [1.29, 1.82) is 0 Å². The minimum atomic E-state index is -3.84. The van der Waals surface area contributed by atoms with Gasteiger partial charge in [-0.25, -0.2) is 7.57 Å². The fourth-order valence-electron chi connectivity index (χ4n) is 2.21. The number of aliphatic hydroxyl groups excluding tert-OH is 2. The zero-order valence-corrected chi connectivity index (χ0v) is 11.9. The van der Waals surface area contributed by atoms with Gasteiger partial charge in [-0.15, -0.1) is 0 Å². The van der Waals surface area contributed by atoms with Gasteiger partial charge < -0.3 is 24.6 Å². The molecule has 2 saturated heterocycles. The van der Waals surface area contributed by atoms with Crippen LogP contribution in [0.1, 0.15) is 12.8 Å². The van der Waals surface area contributed by atoms with Crippen LogP contribution in [0.5, 0.6) is 0 Å². The van der Waals surface area contributed by atoms with Gasteiger partial charge in [0.05, 0.1) is 12.7 Å². The molecule has 0 bridgehead atoms. The molecule has 0 aromatic heterocycles. The summed E-state index contributed by atoms with van der Waals surface area (Å²) in [6.45, 7) is -0.0238. The van der Waals surface area contributed by atoms with Gasteiger partial charge in [0.25, 0.3) is 0 Å². The Labute approximate surface area is 120 Å². The molecule has 6 atom stereocenters. The second-order valence-corrected chi connectivity index (χ2v) is 6.42. The van der Waals surface area contributed by atoms with E-state index in [1.807, 2.05) is 0 Å². The first-order chi connectivity index (χ1) is 9.41. The van der Waals surface area contributed by atoms with Crippen LogP contribution in [0.25, 0.3) is 0 Å². The number of aliphatic hydroxyl groups is 2. The first kappa shape index (κ1) is 16.6. The van der Waals surface area contributed by atoms with Gasteiger partial charge in [-0.3, -0.25) is 9.05 Å². The van der Waals surface area contributed by atoms with Gasteiger partial charge >= 0.3 is 0 Å². The summed E-state index contributed by atoms with van der Waals surface area (Å²) in [5.41, 5.74) is 0. The number of ether oxygens (including phenoxy) is 2. The lowest BCUT2D eigenvalue weighted by Crippen LogP contribution is -2.33. The molecule has 2 aliphatic heterocycles. The summed E-state index contributed by atoms with van der Waals surface area (Å²) in [6.07, 6.45) is -1.84. The van der Waals surface area contributed by atoms with Crippen LogP contribution < -0.4 is 4.89 Å². The average Bonchev–Trinajstić information content (AvgIpc) is 2.92. The van der Waals surface area contributed by atoms with Gasteiger partial charge in [-0.1, -0.05) is 0 Å². The molecule has 0 aromatic rings. The van der Waals surface area contributed by atoms with Gasteiger partial charge in [-0.05, 0) is 20.7 Å². The van der Waals surface area contributed by atoms with E-state index in [2.05, 4.69) is 0 Å². The third kappa shape index (κ3) is 4.39. The molecular weight excluding hydrogens is 285 g/mol. The first-order valence-corrected chi connectivity index (χ1v) is 8.05. The van der Waals surface area contributed by atoms with E-state index >= 15 is 0 Å². The fourth-order valence-corrected chi connectivity index (χ4v) is 3.23. The highest BCUT2D eigenvalue weighted by Gasteiger charge is 2.37. The zero-order valence-electron chi connectivity index (χ0n) is 11.0. The van der Waals surface area contributed by atoms with Crippen molar-refractivity contribution in [3.63, 3.8) is 0 Å². The molecular formula is C10H17B2O7P-. The molecule has 0 spiro atoms. The molecule has 2 heterocycles. The summed E-state index contributed by atoms with van der Waals surface area (Å²) >= 11 is 0. The maximum Gasteiger partial charge on any atom is 0.128 e. The van der Waals surface area contributed by atoms with Crippen LogP contribution in [-0.4, -0.2) is 75.9 Å². The maximum absolute atomic E-state index is 12.0. The van der Waals surface area contributed by atoms with E-state index < -0.39 is 38.2 Å². The third-order valence-corrected chi connectivity index (χ3v) is 4.36. The van der Waals surface area contributed by atoms with Crippen LogP contribution in [-0.2, 0) is 18.5 Å². The quantitative estimate of drug-likeness (QED) is 0.433. The van der Waals surface area contributed by atoms with E-state index in [0.29, 0.717) is 13.0 Å². The van der Waals surface area contributed by atoms with E-state index in [4.69, 9.17) is 39.0 Å². The summed E-state index contributed by atoms with van der Waals surface area (Å²) in [5.74, 6) is 0. The molecule has 5 radical (unpaired) electrons. The van der Waals surface area contributed by atoms with E-state index in [1.165, 1.54) is 0 Å². The van der Waals surface area contributed by atoms with Crippen molar-refractivity contribution in [3.05, 3.63) is 0 Å². The molecule has 20 heavy (non-hydrogen) atoms. The minimum Gasteiger partial charge on any atom is -0.675 e. The highest BCUT2D eigenvalue weighted by molar-refractivity contribution is 7.83. The Balaban J connectivity index is 1.80. The fraction of sp³-hybridized carbons (Fsp3) is 1.00. The highest BCUT2D eigenvalue weighted by Crippen LogP contribution is 2.50. The van der Waals surface area contributed by atoms with Gasteiger partial charge in [0.2, 0.25) is 0 Å². The van der Waals surface area contributed by atoms with Crippen molar-refractivity contribution in [2.24, 2.45) is 0 Å². The van der Waals surface area contributed by atoms with E-state index in [9.17, 15) is 10.00 Å². The molecule has 0 aromatic carbocycles. The molecule has 111 valence electrons. The largest absolute Gasteiger partial charge is 0.675 e. The molecule has 2 rings (SSSR count). The maximum atomic E-state index is 12.0. The lowest BCUT2D eigenvalue weighted by atomic mass is 9.96. The highest BCUT2D eigenvalue weighted by atomic mass is 31.2. The first-order valence-electron chi connectivity index (χ1n) is 6.44. The van der Waals surface area contributed by atoms with E-state index in [-0.39, 0.29) is 19.6 Å². The molecule has 0 saturated carbocycles. The van der Waals surface area contributed by atoms with Crippen LogP contribution in [0, 0.1) is 0 Å². The normalized spacial score (nSPS) is 40.9. The van der Waals surface area contributed by atoms with Gasteiger partial charge in [0.15, 0.2) is 0 Å². The smallest absolute Gasteiger partial charge is 0.128 e. The molecule has 2 aliphatic rings. The van der Waals surface area contributed by atoms with E-state index in [0.717, 1.165) is 0 Å². The Morgan fingerprint density at radius 3 is 2.80 bits per heavy atom. The number of hydrogen-bond donors (Lipinski definition) is 2. The second kappa shape index (κ2) is 7.03. The third-order valence-electron chi connectivity index (χ3n) is 3.28. The van der Waals surface area contributed by atoms with Crippen LogP contribution in [0.4, 0.5) is 0 Å². The van der Waals surface area contributed by atoms with Crippen molar-refractivity contribution in [3.8, 4) is 0 Å². The van der Waals surface area contributed by atoms with Crippen LogP contribution in [0.15, 0.2) is 0 Å². The molecule has 2 N–H and O–H groups in total. The summed E-state index contributed by atoms with van der Waals surface area (Å²) in [6, 6.07) is -0.600. The standard InChI is InChI=1S/C10H17B2O7P/c11-10-3-7(8(4-13)18-10)19-20(12,15)17-5-9-6(14)1-2-16-9/h6-10,13-14H,1-5H2/q-1/t6?,7?,8-,9-,10-,20?/m1/s1. The monoisotopic (exact) mass is 302 g/mol. The van der Waals surface area contributed by atoms with Crippen molar-refractivity contribution in [2.45, 2.75) is 43.3 Å². The van der Waals surface area contributed by atoms with Crippen LogP contribution >= 0.6 is 7.82 Å². The Morgan fingerprint density at radius 2 is 2.20 bits per heavy atom. The van der Waals surface area contributed by atoms with Gasteiger partial charge in [0, 0.05) is 12.6 Å². The molecule has 7 nitrogen and oxygen atoms in total. The van der Waals surface area contributed by atoms with Gasteiger partial charge in [-0.2, -0.15) is 0 Å². The van der Waals surface area contributed by atoms with Crippen LogP contribution in [0.2, 0.25) is 0 Å². The molecule has 10 heteroatoms. The Bertz CT molecular complexity index is 322. The lowest BCUT2D eigenvalue weighted by molar-refractivity contribution is -0.218. The van der Waals surface area contributed by atoms with E-state index in [1.54, 1.807) is 0 Å². The Hall–Kier alpha value is 0.280. The van der Waals surface area contributed by atoms with Crippen molar-refractivity contribution in [2.75, 3.05) is 19.8 Å². The topological polar surface area (TPSA) is 100 Å². The summed E-state index contributed by atoms with van der Waals surface area (Å²) in [4.78, 5) is 12.0. The second-order valence-electron chi connectivity index (χ2n) is 4.88. The zero-order chi connectivity index (χ0) is 14.8. The summed E-state index contributed by atoms with van der Waals surface area (Å²) < 4.78 is 20.6. The molecule has 3 unspecified atom stereocenters. The number of hydrogen-bond acceptors (Lipinski definition) is 7. The molecule has 2 fully saturated rings. The predicted molar refractivity (Wildman–Crippen MR) is 70.0 cm³/mol. The van der Waals surface area contributed by atoms with Gasteiger partial charge in [0.1, 0.15) is 32.8 Å². The molecule has 0 aliphatic carbocycles. The van der Waals surface area contributed by atoms with Crippen molar-refractivity contribution < 1.29 is 33.6 Å². The minimum absolute atomic E-state index is 0.127. The summed E-state index contributed by atoms with van der Waals surface area (Å²) in [5, 5.41) is 18.6. The summed E-state index contributed by atoms with van der Waals surface area (Å²) in [7, 11) is 7.21. The molecule has 0 amide bonds.